The van der Waals surface area contributed by atoms with Crippen LogP contribution in [0, 0.1) is 5.92 Å². The molecule has 1 aliphatic carbocycles. The number of rotatable bonds is 2. The van der Waals surface area contributed by atoms with E-state index in [-0.39, 0.29) is 5.92 Å². The van der Waals surface area contributed by atoms with Crippen LogP contribution in [0.5, 0.6) is 0 Å². The first-order chi connectivity index (χ1) is 7.59. The van der Waals surface area contributed by atoms with E-state index in [4.69, 9.17) is 0 Å². The molecule has 86 valence electrons. The maximum atomic E-state index is 11.5. The summed E-state index contributed by atoms with van der Waals surface area (Å²) < 4.78 is 0. The molecule has 1 saturated carbocycles. The Kier molecular flexibility index (Phi) is 2.72. The van der Waals surface area contributed by atoms with Crippen LogP contribution in [0.1, 0.15) is 25.3 Å². The van der Waals surface area contributed by atoms with Crippen LogP contribution in [0.4, 0.5) is 0 Å². The molecule has 1 aromatic carbocycles. The summed E-state index contributed by atoms with van der Waals surface area (Å²) >= 11 is 0. The molecule has 0 aromatic heterocycles. The minimum absolute atomic E-state index is 0.306. The molecule has 3 heteroatoms. The van der Waals surface area contributed by atoms with Crippen LogP contribution in [0.15, 0.2) is 30.3 Å². The Bertz CT molecular complexity index is 387. The van der Waals surface area contributed by atoms with Gasteiger partial charge in [-0.3, -0.25) is 0 Å². The van der Waals surface area contributed by atoms with E-state index in [2.05, 4.69) is 0 Å². The van der Waals surface area contributed by atoms with Crippen LogP contribution in [-0.4, -0.2) is 17.2 Å². The van der Waals surface area contributed by atoms with Crippen molar-refractivity contribution in [2.75, 3.05) is 0 Å². The Balaban J connectivity index is 2.50. The van der Waals surface area contributed by atoms with Crippen LogP contribution in [0.2, 0.25) is 0 Å². The molecule has 0 saturated heterocycles. The van der Waals surface area contributed by atoms with E-state index >= 15 is 0 Å². The minimum atomic E-state index is -1.08. The van der Waals surface area contributed by atoms with Crippen LogP contribution in [0.3, 0.4) is 0 Å². The lowest BCUT2D eigenvalue weighted by Gasteiger charge is -2.36. The molecule has 0 aliphatic heterocycles. The second-order valence-corrected chi connectivity index (χ2v) is 4.52. The predicted octanol–water partition coefficient (Wildman–Crippen LogP) is 0.465. The molecule has 0 spiro atoms. The number of hydrogen-bond donors (Lipinski definition) is 1. The second kappa shape index (κ2) is 3.91. The van der Waals surface area contributed by atoms with Crippen molar-refractivity contribution in [3.63, 3.8) is 0 Å². The third-order valence-corrected chi connectivity index (χ3v) is 3.84. The summed E-state index contributed by atoms with van der Waals surface area (Å²) in [7, 11) is 0. The molecule has 3 atom stereocenters. The average molecular weight is 219 g/mol. The van der Waals surface area contributed by atoms with Gasteiger partial charge in [0.1, 0.15) is 0 Å². The molecule has 16 heavy (non-hydrogen) atoms. The van der Waals surface area contributed by atoms with Crippen molar-refractivity contribution in [2.45, 2.75) is 31.3 Å². The highest BCUT2D eigenvalue weighted by molar-refractivity contribution is 5.80. The molecule has 3 nitrogen and oxygen atoms in total. The molecule has 1 aliphatic rings. The van der Waals surface area contributed by atoms with Gasteiger partial charge in [0.15, 0.2) is 0 Å². The normalized spacial score (nSPS) is 33.9. The standard InChI is InChI=1S/C13H16O3/c1-9-11(14)7-8-13(9,12(15)16)10-5-3-2-4-6-10/h2-6,9,11,14H,7-8H2,1H3,(H,15,16)/p-1/t9-,11+,13+/m0/s1. The summed E-state index contributed by atoms with van der Waals surface area (Å²) in [4.78, 5) is 11.5. The molecular weight excluding hydrogens is 204 g/mol. The number of aliphatic hydroxyl groups excluding tert-OH is 1. The van der Waals surface area contributed by atoms with Gasteiger partial charge in [-0.05, 0) is 24.3 Å². The summed E-state index contributed by atoms with van der Waals surface area (Å²) in [6.45, 7) is 1.78. The fraction of sp³-hybridized carbons (Fsp3) is 0.462. The van der Waals surface area contributed by atoms with Gasteiger partial charge in [-0.1, -0.05) is 37.3 Å². The molecular formula is C13H15O3-. The average Bonchev–Trinajstić information content (AvgIpc) is 2.59. The SMILES string of the molecule is C[C@H]1[C@H](O)CC[C@]1(C(=O)[O-])c1ccccc1. The maximum absolute atomic E-state index is 11.5. The lowest BCUT2D eigenvalue weighted by atomic mass is 9.72. The number of carbonyl (C=O) groups is 1. The van der Waals surface area contributed by atoms with Crippen molar-refractivity contribution < 1.29 is 15.0 Å². The Morgan fingerprint density at radius 2 is 2.06 bits per heavy atom. The lowest BCUT2D eigenvalue weighted by molar-refractivity contribution is -0.315. The smallest absolute Gasteiger partial charge is 0.0578 e. The van der Waals surface area contributed by atoms with Crippen LogP contribution >= 0.6 is 0 Å². The third kappa shape index (κ3) is 1.43. The first kappa shape index (κ1) is 11.1. The first-order valence-corrected chi connectivity index (χ1v) is 5.54. The number of carbonyl (C=O) groups excluding carboxylic acids is 1. The Morgan fingerprint density at radius 1 is 1.44 bits per heavy atom. The van der Waals surface area contributed by atoms with Gasteiger partial charge in [0.05, 0.1) is 12.1 Å². The first-order valence-electron chi connectivity index (χ1n) is 5.54. The van der Waals surface area contributed by atoms with E-state index in [1.807, 2.05) is 18.2 Å². The Morgan fingerprint density at radius 3 is 2.50 bits per heavy atom. The number of carboxylic acids is 1. The number of benzene rings is 1. The van der Waals surface area contributed by atoms with Gasteiger partial charge in [-0.15, -0.1) is 0 Å². The van der Waals surface area contributed by atoms with Crippen LogP contribution in [-0.2, 0) is 10.2 Å². The van der Waals surface area contributed by atoms with Crippen LogP contribution < -0.4 is 5.11 Å². The highest BCUT2D eigenvalue weighted by Gasteiger charge is 2.47. The zero-order chi connectivity index (χ0) is 11.8. The molecule has 2 rings (SSSR count). The van der Waals surface area contributed by atoms with Gasteiger partial charge in [0.2, 0.25) is 0 Å². The van der Waals surface area contributed by atoms with Crippen molar-refractivity contribution in [3.05, 3.63) is 35.9 Å². The van der Waals surface area contributed by atoms with E-state index in [0.29, 0.717) is 12.8 Å². The van der Waals surface area contributed by atoms with E-state index in [9.17, 15) is 15.0 Å². The Labute approximate surface area is 94.7 Å². The van der Waals surface area contributed by atoms with Crippen molar-refractivity contribution in [2.24, 2.45) is 5.92 Å². The van der Waals surface area contributed by atoms with Gasteiger partial charge in [0, 0.05) is 5.41 Å². The van der Waals surface area contributed by atoms with Gasteiger partial charge in [0.25, 0.3) is 0 Å². The fourth-order valence-corrected chi connectivity index (χ4v) is 2.73. The summed E-state index contributed by atoms with van der Waals surface area (Å²) in [5.74, 6) is -1.39. The van der Waals surface area contributed by atoms with E-state index < -0.39 is 17.5 Å². The number of hydrogen-bond acceptors (Lipinski definition) is 3. The Hall–Kier alpha value is -1.35. The van der Waals surface area contributed by atoms with Gasteiger partial charge < -0.3 is 15.0 Å². The maximum Gasteiger partial charge on any atom is 0.0578 e. The molecule has 0 heterocycles. The molecule has 0 radical (unpaired) electrons. The second-order valence-electron chi connectivity index (χ2n) is 4.52. The van der Waals surface area contributed by atoms with Crippen molar-refractivity contribution >= 4 is 5.97 Å². The monoisotopic (exact) mass is 219 g/mol. The van der Waals surface area contributed by atoms with E-state index in [1.54, 1.807) is 19.1 Å². The fourth-order valence-electron chi connectivity index (χ4n) is 2.73. The molecule has 0 amide bonds. The summed E-state index contributed by atoms with van der Waals surface area (Å²) in [6, 6.07) is 9.08. The highest BCUT2D eigenvalue weighted by atomic mass is 16.4. The molecule has 0 bridgehead atoms. The zero-order valence-electron chi connectivity index (χ0n) is 9.22. The van der Waals surface area contributed by atoms with Gasteiger partial charge in [-0.2, -0.15) is 0 Å². The van der Waals surface area contributed by atoms with Gasteiger partial charge in [-0.25, -0.2) is 0 Å². The lowest BCUT2D eigenvalue weighted by Crippen LogP contribution is -2.49. The number of aliphatic hydroxyl groups is 1. The molecule has 1 fully saturated rings. The van der Waals surface area contributed by atoms with E-state index in [0.717, 1.165) is 5.56 Å². The summed E-state index contributed by atoms with van der Waals surface area (Å²) in [5, 5.41) is 21.2. The van der Waals surface area contributed by atoms with Crippen molar-refractivity contribution in [3.8, 4) is 0 Å². The molecule has 1 N–H and O–H groups in total. The van der Waals surface area contributed by atoms with Crippen molar-refractivity contribution in [1.29, 1.82) is 0 Å². The van der Waals surface area contributed by atoms with Gasteiger partial charge >= 0.3 is 0 Å². The van der Waals surface area contributed by atoms with Crippen LogP contribution in [0.25, 0.3) is 0 Å². The third-order valence-electron chi connectivity index (χ3n) is 3.84. The number of aliphatic carboxylic acids is 1. The topological polar surface area (TPSA) is 60.4 Å². The summed E-state index contributed by atoms with van der Waals surface area (Å²) in [6.07, 6.45) is 0.407. The largest absolute Gasteiger partial charge is 0.549 e. The zero-order valence-corrected chi connectivity index (χ0v) is 9.22. The molecule has 1 aromatic rings. The van der Waals surface area contributed by atoms with E-state index in [1.165, 1.54) is 0 Å². The summed E-state index contributed by atoms with van der Waals surface area (Å²) in [5.41, 5.74) is -0.292. The van der Waals surface area contributed by atoms with Crippen molar-refractivity contribution in [1.82, 2.24) is 0 Å². The predicted molar refractivity (Wildman–Crippen MR) is 57.5 cm³/mol. The number of carboxylic acid groups (broad SMARTS) is 1. The highest BCUT2D eigenvalue weighted by Crippen LogP contribution is 2.45. The minimum Gasteiger partial charge on any atom is -0.549 e. The quantitative estimate of drug-likeness (QED) is 0.786. The molecule has 0 unspecified atom stereocenters.